The van der Waals surface area contributed by atoms with Crippen LogP contribution < -0.4 is 10.1 Å². The zero-order valence-electron chi connectivity index (χ0n) is 14.5. The first-order valence-corrected chi connectivity index (χ1v) is 8.17. The number of benzene rings is 2. The molecule has 0 spiro atoms. The van der Waals surface area contributed by atoms with Crippen LogP contribution in [0.2, 0.25) is 0 Å². The van der Waals surface area contributed by atoms with Gasteiger partial charge in [-0.2, -0.15) is 18.4 Å². The third kappa shape index (κ3) is 5.61. The van der Waals surface area contributed by atoms with E-state index in [4.69, 9.17) is 4.74 Å². The maximum atomic E-state index is 13.0. The summed E-state index contributed by atoms with van der Waals surface area (Å²) in [7, 11) is 0. The van der Waals surface area contributed by atoms with Crippen molar-refractivity contribution in [2.75, 3.05) is 11.9 Å². The van der Waals surface area contributed by atoms with Crippen LogP contribution in [0.15, 0.2) is 54.1 Å². The summed E-state index contributed by atoms with van der Waals surface area (Å²) in [6, 6.07) is 13.0. The summed E-state index contributed by atoms with van der Waals surface area (Å²) in [6.07, 6.45) is -2.45. The highest BCUT2D eigenvalue weighted by Crippen LogP contribution is 2.34. The predicted octanol–water partition coefficient (Wildman–Crippen LogP) is 5.04. The molecular formula is C20H17F3N2O2. The lowest BCUT2D eigenvalue weighted by atomic mass is 10.1. The van der Waals surface area contributed by atoms with E-state index in [1.165, 1.54) is 18.2 Å². The van der Waals surface area contributed by atoms with E-state index in [1.54, 1.807) is 30.3 Å². The molecule has 0 heterocycles. The molecule has 27 heavy (non-hydrogen) atoms. The fraction of sp³-hybridized carbons (Fsp3) is 0.200. The Bertz CT molecular complexity index is 866. The van der Waals surface area contributed by atoms with Gasteiger partial charge in [0.15, 0.2) is 0 Å². The Morgan fingerprint density at radius 1 is 1.19 bits per heavy atom. The Labute approximate surface area is 154 Å². The van der Waals surface area contributed by atoms with Gasteiger partial charge in [0.1, 0.15) is 17.4 Å². The van der Waals surface area contributed by atoms with Crippen LogP contribution in [0.4, 0.5) is 18.9 Å². The fourth-order valence-electron chi connectivity index (χ4n) is 2.22. The third-order valence-corrected chi connectivity index (χ3v) is 3.51. The average molecular weight is 374 g/mol. The van der Waals surface area contributed by atoms with Crippen molar-refractivity contribution in [3.8, 4) is 11.8 Å². The van der Waals surface area contributed by atoms with Gasteiger partial charge in [0.2, 0.25) is 0 Å². The Morgan fingerprint density at radius 2 is 1.85 bits per heavy atom. The van der Waals surface area contributed by atoms with Crippen molar-refractivity contribution in [1.82, 2.24) is 0 Å². The lowest BCUT2D eigenvalue weighted by Gasteiger charge is -2.13. The number of nitrogens with one attached hydrogen (secondary N) is 1. The summed E-state index contributed by atoms with van der Waals surface area (Å²) < 4.78 is 44.5. The molecule has 0 saturated carbocycles. The second-order valence-corrected chi connectivity index (χ2v) is 5.58. The fourth-order valence-corrected chi connectivity index (χ4v) is 2.22. The number of nitrogens with zero attached hydrogens (tertiary/aromatic N) is 1. The van der Waals surface area contributed by atoms with Gasteiger partial charge in [-0.05, 0) is 42.3 Å². The molecule has 0 aliphatic rings. The normalized spacial score (nSPS) is 11.6. The monoisotopic (exact) mass is 374 g/mol. The predicted molar refractivity (Wildman–Crippen MR) is 95.9 cm³/mol. The Morgan fingerprint density at radius 3 is 2.44 bits per heavy atom. The number of nitriles is 1. The van der Waals surface area contributed by atoms with Crippen molar-refractivity contribution in [3.63, 3.8) is 0 Å². The molecule has 0 aromatic heterocycles. The number of hydrogen-bond donors (Lipinski definition) is 1. The van der Waals surface area contributed by atoms with Gasteiger partial charge in [0.25, 0.3) is 5.91 Å². The standard InChI is InChI=1S/C20H17F3N2O2/c1-2-11-27-16-9-7-14(8-10-16)12-15(13-24)19(26)25-18-6-4-3-5-17(18)20(21,22)23/h3-10,12H,2,11H2,1H3,(H,25,26)/b15-12+. The highest BCUT2D eigenvalue weighted by molar-refractivity contribution is 6.10. The van der Waals surface area contributed by atoms with E-state index in [9.17, 15) is 23.2 Å². The first-order valence-electron chi connectivity index (χ1n) is 8.17. The molecule has 0 fully saturated rings. The van der Waals surface area contributed by atoms with Crippen molar-refractivity contribution < 1.29 is 22.7 Å². The van der Waals surface area contributed by atoms with Crippen molar-refractivity contribution >= 4 is 17.7 Å². The van der Waals surface area contributed by atoms with Crippen LogP contribution in [0.1, 0.15) is 24.5 Å². The smallest absolute Gasteiger partial charge is 0.418 e. The van der Waals surface area contributed by atoms with E-state index < -0.39 is 23.3 Å². The quantitative estimate of drug-likeness (QED) is 0.569. The van der Waals surface area contributed by atoms with Crippen LogP contribution in [0.5, 0.6) is 5.75 Å². The molecule has 1 N–H and O–H groups in total. The summed E-state index contributed by atoms with van der Waals surface area (Å²) in [5.74, 6) is -0.267. The average Bonchev–Trinajstić information content (AvgIpc) is 2.64. The lowest BCUT2D eigenvalue weighted by molar-refractivity contribution is -0.137. The summed E-state index contributed by atoms with van der Waals surface area (Å²) in [5.41, 5.74) is -1.14. The van der Waals surface area contributed by atoms with Crippen LogP contribution in [0.25, 0.3) is 6.08 Å². The number of para-hydroxylation sites is 1. The maximum Gasteiger partial charge on any atom is 0.418 e. The molecule has 0 bridgehead atoms. The van der Waals surface area contributed by atoms with E-state index in [1.807, 2.05) is 6.92 Å². The minimum Gasteiger partial charge on any atom is -0.494 e. The number of carbonyl (C=O) groups excluding carboxylic acids is 1. The van der Waals surface area contributed by atoms with Crippen LogP contribution in [0, 0.1) is 11.3 Å². The van der Waals surface area contributed by atoms with Crippen LogP contribution >= 0.6 is 0 Å². The van der Waals surface area contributed by atoms with Gasteiger partial charge in [-0.25, -0.2) is 0 Å². The molecule has 2 rings (SSSR count). The first kappa shape index (κ1) is 20.0. The Kier molecular flexibility index (Phi) is 6.61. The van der Waals surface area contributed by atoms with Gasteiger partial charge in [0.05, 0.1) is 17.9 Å². The van der Waals surface area contributed by atoms with Crippen molar-refractivity contribution in [2.24, 2.45) is 0 Å². The molecule has 2 aromatic carbocycles. The second kappa shape index (κ2) is 8.90. The SMILES string of the molecule is CCCOc1ccc(/C=C(\C#N)C(=O)Nc2ccccc2C(F)(F)F)cc1. The zero-order chi connectivity index (χ0) is 19.9. The number of amides is 1. The summed E-state index contributed by atoms with van der Waals surface area (Å²) in [6.45, 7) is 2.55. The van der Waals surface area contributed by atoms with E-state index in [0.29, 0.717) is 17.9 Å². The maximum absolute atomic E-state index is 13.0. The number of ether oxygens (including phenoxy) is 1. The second-order valence-electron chi connectivity index (χ2n) is 5.58. The van der Waals surface area contributed by atoms with Gasteiger partial charge in [-0.15, -0.1) is 0 Å². The molecule has 0 aliphatic heterocycles. The number of anilines is 1. The highest BCUT2D eigenvalue weighted by atomic mass is 19.4. The molecule has 0 unspecified atom stereocenters. The Balaban J connectivity index is 2.19. The molecule has 0 atom stereocenters. The van der Waals surface area contributed by atoms with Crippen molar-refractivity contribution in [2.45, 2.75) is 19.5 Å². The molecule has 1 amide bonds. The minimum atomic E-state index is -4.62. The zero-order valence-corrected chi connectivity index (χ0v) is 14.5. The third-order valence-electron chi connectivity index (χ3n) is 3.51. The van der Waals surface area contributed by atoms with Crippen molar-refractivity contribution in [3.05, 3.63) is 65.2 Å². The first-order chi connectivity index (χ1) is 12.8. The van der Waals surface area contributed by atoms with E-state index in [0.717, 1.165) is 18.6 Å². The van der Waals surface area contributed by atoms with E-state index >= 15 is 0 Å². The number of rotatable bonds is 6. The lowest BCUT2D eigenvalue weighted by Crippen LogP contribution is -2.17. The van der Waals surface area contributed by atoms with Crippen LogP contribution in [-0.4, -0.2) is 12.5 Å². The molecule has 4 nitrogen and oxygen atoms in total. The summed E-state index contributed by atoms with van der Waals surface area (Å²) >= 11 is 0. The van der Waals surface area contributed by atoms with Gasteiger partial charge >= 0.3 is 6.18 Å². The van der Waals surface area contributed by atoms with Crippen LogP contribution in [-0.2, 0) is 11.0 Å². The molecule has 7 heteroatoms. The van der Waals surface area contributed by atoms with Crippen LogP contribution in [0.3, 0.4) is 0 Å². The van der Waals surface area contributed by atoms with Crippen molar-refractivity contribution in [1.29, 1.82) is 5.26 Å². The molecule has 140 valence electrons. The van der Waals surface area contributed by atoms with E-state index in [-0.39, 0.29) is 5.57 Å². The largest absolute Gasteiger partial charge is 0.494 e. The molecule has 0 radical (unpaired) electrons. The summed E-state index contributed by atoms with van der Waals surface area (Å²) in [5, 5.41) is 11.4. The van der Waals surface area contributed by atoms with E-state index in [2.05, 4.69) is 5.32 Å². The molecular weight excluding hydrogens is 357 g/mol. The molecule has 0 saturated heterocycles. The number of halogens is 3. The van der Waals surface area contributed by atoms with Gasteiger partial charge in [-0.3, -0.25) is 4.79 Å². The number of hydrogen-bond acceptors (Lipinski definition) is 3. The van der Waals surface area contributed by atoms with Gasteiger partial charge in [0, 0.05) is 0 Å². The Hall–Kier alpha value is -3.27. The topological polar surface area (TPSA) is 62.1 Å². The van der Waals surface area contributed by atoms with Gasteiger partial charge in [-0.1, -0.05) is 31.2 Å². The van der Waals surface area contributed by atoms with Gasteiger partial charge < -0.3 is 10.1 Å². The number of alkyl halides is 3. The summed E-state index contributed by atoms with van der Waals surface area (Å²) in [4.78, 5) is 12.2. The molecule has 2 aromatic rings. The minimum absolute atomic E-state index is 0.311. The number of carbonyl (C=O) groups is 1. The highest BCUT2D eigenvalue weighted by Gasteiger charge is 2.33. The molecule has 0 aliphatic carbocycles.